The number of carbonyl (C=O) groups excluding carboxylic acids is 1. The maximum Gasteiger partial charge on any atom is 0.410 e. The molecule has 6 heteroatoms. The van der Waals surface area contributed by atoms with Gasteiger partial charge in [-0.1, -0.05) is 0 Å². The van der Waals surface area contributed by atoms with E-state index in [1.807, 2.05) is 47.7 Å². The van der Waals surface area contributed by atoms with Crippen molar-refractivity contribution >= 4 is 6.09 Å². The standard InChI is InChI=1S/C20H31N3O3/c1-13-11-14-15(22-12-13)20(25-16(14)19(5,6)21)7-9-23(10-8-20)17(24)26-18(2,3)4/h11-12,16H,7-10,21H2,1-6H3/t16-/m0/s1. The fourth-order valence-corrected chi connectivity index (χ4v) is 3.80. The SMILES string of the molecule is Cc1cnc2c(c1)[C@@H](C(C)(C)N)OC21CCN(C(=O)OC(C)(C)C)CC1. The topological polar surface area (TPSA) is 77.7 Å². The second-order valence-electron chi connectivity index (χ2n) is 9.23. The Morgan fingerprint density at radius 3 is 2.46 bits per heavy atom. The van der Waals surface area contributed by atoms with Crippen molar-refractivity contribution in [2.45, 2.75) is 77.2 Å². The van der Waals surface area contributed by atoms with Gasteiger partial charge in [0, 0.05) is 30.4 Å². The van der Waals surface area contributed by atoms with Crippen molar-refractivity contribution in [2.24, 2.45) is 5.73 Å². The Balaban J connectivity index is 1.82. The first-order chi connectivity index (χ1) is 11.9. The zero-order valence-corrected chi connectivity index (χ0v) is 16.8. The fourth-order valence-electron chi connectivity index (χ4n) is 3.80. The Bertz CT molecular complexity index is 695. The number of nitrogens with zero attached hydrogens (tertiary/aromatic N) is 2. The van der Waals surface area contributed by atoms with E-state index in [2.05, 4.69) is 6.07 Å². The van der Waals surface area contributed by atoms with Crippen molar-refractivity contribution in [2.75, 3.05) is 13.1 Å². The minimum atomic E-state index is -0.504. The summed E-state index contributed by atoms with van der Waals surface area (Å²) >= 11 is 0. The van der Waals surface area contributed by atoms with Gasteiger partial charge in [0.2, 0.25) is 0 Å². The molecule has 3 rings (SSSR count). The highest BCUT2D eigenvalue weighted by molar-refractivity contribution is 5.68. The van der Waals surface area contributed by atoms with Crippen molar-refractivity contribution in [3.05, 3.63) is 29.1 Å². The Kier molecular flexibility index (Phi) is 4.56. The van der Waals surface area contributed by atoms with Crippen LogP contribution in [0.4, 0.5) is 4.79 Å². The highest BCUT2D eigenvalue weighted by atomic mass is 16.6. The van der Waals surface area contributed by atoms with E-state index in [0.29, 0.717) is 25.9 Å². The molecule has 1 amide bonds. The van der Waals surface area contributed by atoms with Crippen LogP contribution < -0.4 is 5.73 Å². The van der Waals surface area contributed by atoms with Crippen LogP contribution in [0, 0.1) is 6.92 Å². The molecule has 1 spiro atoms. The largest absolute Gasteiger partial charge is 0.444 e. The average Bonchev–Trinajstić information content (AvgIpc) is 2.80. The predicted molar refractivity (Wildman–Crippen MR) is 99.8 cm³/mol. The average molecular weight is 361 g/mol. The Morgan fingerprint density at radius 1 is 1.31 bits per heavy atom. The number of hydrogen-bond donors (Lipinski definition) is 1. The number of rotatable bonds is 1. The van der Waals surface area contributed by atoms with Gasteiger partial charge in [-0.3, -0.25) is 4.98 Å². The molecule has 0 aromatic carbocycles. The third-order valence-corrected chi connectivity index (χ3v) is 5.01. The number of ether oxygens (including phenoxy) is 2. The number of likely N-dealkylation sites (tertiary alicyclic amines) is 1. The second-order valence-corrected chi connectivity index (χ2v) is 9.23. The van der Waals surface area contributed by atoms with E-state index in [1.54, 1.807) is 4.90 Å². The second kappa shape index (κ2) is 6.20. The molecular formula is C20H31N3O3. The number of carbonyl (C=O) groups is 1. The summed E-state index contributed by atoms with van der Waals surface area (Å²) in [6.07, 6.45) is 2.82. The van der Waals surface area contributed by atoms with Crippen LogP contribution in [-0.2, 0) is 15.1 Å². The van der Waals surface area contributed by atoms with Gasteiger partial charge in [0.15, 0.2) is 0 Å². The van der Waals surface area contributed by atoms with Crippen LogP contribution in [0.15, 0.2) is 12.3 Å². The smallest absolute Gasteiger partial charge is 0.410 e. The molecule has 2 N–H and O–H groups in total. The molecule has 0 unspecified atom stereocenters. The van der Waals surface area contributed by atoms with Crippen molar-refractivity contribution in [1.82, 2.24) is 9.88 Å². The van der Waals surface area contributed by atoms with Crippen LogP contribution >= 0.6 is 0 Å². The monoisotopic (exact) mass is 361 g/mol. The van der Waals surface area contributed by atoms with Gasteiger partial charge >= 0.3 is 6.09 Å². The van der Waals surface area contributed by atoms with Gasteiger partial charge in [0.25, 0.3) is 0 Å². The third-order valence-electron chi connectivity index (χ3n) is 5.01. The van der Waals surface area contributed by atoms with Crippen molar-refractivity contribution in [3.63, 3.8) is 0 Å². The summed E-state index contributed by atoms with van der Waals surface area (Å²) in [5.74, 6) is 0. The Labute approximate surface area is 156 Å². The van der Waals surface area contributed by atoms with Crippen molar-refractivity contribution in [1.29, 1.82) is 0 Å². The molecule has 1 fully saturated rings. The molecule has 0 saturated carbocycles. The molecule has 2 aliphatic rings. The first-order valence-corrected chi connectivity index (χ1v) is 9.33. The van der Waals surface area contributed by atoms with Gasteiger partial charge in [-0.25, -0.2) is 4.79 Å². The molecule has 0 radical (unpaired) electrons. The molecule has 26 heavy (non-hydrogen) atoms. The molecule has 6 nitrogen and oxygen atoms in total. The number of aryl methyl sites for hydroxylation is 1. The summed E-state index contributed by atoms with van der Waals surface area (Å²) in [4.78, 5) is 18.8. The number of pyridine rings is 1. The maximum absolute atomic E-state index is 12.4. The van der Waals surface area contributed by atoms with E-state index >= 15 is 0 Å². The summed E-state index contributed by atoms with van der Waals surface area (Å²) in [6.45, 7) is 12.8. The summed E-state index contributed by atoms with van der Waals surface area (Å²) in [6, 6.07) is 2.14. The number of hydrogen-bond acceptors (Lipinski definition) is 5. The lowest BCUT2D eigenvalue weighted by atomic mass is 9.85. The van der Waals surface area contributed by atoms with Crippen LogP contribution in [-0.4, -0.2) is 40.2 Å². The number of fused-ring (bicyclic) bond motifs is 2. The van der Waals surface area contributed by atoms with Gasteiger partial charge in [-0.2, -0.15) is 0 Å². The molecule has 144 valence electrons. The molecular weight excluding hydrogens is 330 g/mol. The lowest BCUT2D eigenvalue weighted by Crippen LogP contribution is -2.48. The molecule has 0 aliphatic carbocycles. The minimum Gasteiger partial charge on any atom is -0.444 e. The predicted octanol–water partition coefficient (Wildman–Crippen LogP) is 3.42. The first-order valence-electron chi connectivity index (χ1n) is 9.33. The zero-order valence-electron chi connectivity index (χ0n) is 16.8. The maximum atomic E-state index is 12.4. The van der Waals surface area contributed by atoms with Crippen LogP contribution in [0.25, 0.3) is 0 Å². The quantitative estimate of drug-likeness (QED) is 0.829. The van der Waals surface area contributed by atoms with Crippen LogP contribution in [0.5, 0.6) is 0 Å². The van der Waals surface area contributed by atoms with E-state index in [0.717, 1.165) is 16.8 Å². The fraction of sp³-hybridized carbons (Fsp3) is 0.700. The van der Waals surface area contributed by atoms with Crippen LogP contribution in [0.1, 0.15) is 70.4 Å². The van der Waals surface area contributed by atoms with E-state index in [9.17, 15) is 4.79 Å². The minimum absolute atomic E-state index is 0.196. The summed E-state index contributed by atoms with van der Waals surface area (Å²) in [7, 11) is 0. The van der Waals surface area contributed by atoms with E-state index in [-0.39, 0.29) is 12.2 Å². The molecule has 1 aromatic heterocycles. The highest BCUT2D eigenvalue weighted by Crippen LogP contribution is 2.51. The number of amides is 1. The summed E-state index contributed by atoms with van der Waals surface area (Å²) < 4.78 is 12.0. The van der Waals surface area contributed by atoms with E-state index in [1.165, 1.54) is 0 Å². The molecule has 1 saturated heterocycles. The number of piperidine rings is 1. The first kappa shape index (κ1) is 19.1. The molecule has 3 heterocycles. The summed E-state index contributed by atoms with van der Waals surface area (Å²) in [5, 5.41) is 0. The van der Waals surface area contributed by atoms with Crippen LogP contribution in [0.2, 0.25) is 0 Å². The van der Waals surface area contributed by atoms with Gasteiger partial charge in [0.05, 0.1) is 5.69 Å². The van der Waals surface area contributed by atoms with Crippen molar-refractivity contribution in [3.8, 4) is 0 Å². The highest BCUT2D eigenvalue weighted by Gasteiger charge is 2.51. The molecule has 1 aromatic rings. The number of aromatic nitrogens is 1. The lowest BCUT2D eigenvalue weighted by molar-refractivity contribution is -0.128. The Morgan fingerprint density at radius 2 is 1.92 bits per heavy atom. The summed E-state index contributed by atoms with van der Waals surface area (Å²) in [5.41, 5.74) is 8.11. The van der Waals surface area contributed by atoms with E-state index in [4.69, 9.17) is 20.2 Å². The van der Waals surface area contributed by atoms with Gasteiger partial charge in [-0.15, -0.1) is 0 Å². The van der Waals surface area contributed by atoms with Gasteiger partial charge < -0.3 is 20.1 Å². The van der Waals surface area contributed by atoms with Gasteiger partial charge in [0.1, 0.15) is 17.3 Å². The van der Waals surface area contributed by atoms with Crippen molar-refractivity contribution < 1.29 is 14.3 Å². The normalized spacial score (nSPS) is 22.4. The van der Waals surface area contributed by atoms with E-state index < -0.39 is 16.7 Å². The lowest BCUT2D eigenvalue weighted by Gasteiger charge is -2.40. The molecule has 2 aliphatic heterocycles. The number of nitrogens with two attached hydrogens (primary N) is 1. The zero-order chi connectivity index (χ0) is 19.3. The third kappa shape index (κ3) is 3.58. The van der Waals surface area contributed by atoms with Gasteiger partial charge in [-0.05, 0) is 66.0 Å². The molecule has 1 atom stereocenters. The molecule has 0 bridgehead atoms. The Hall–Kier alpha value is -1.66. The van der Waals surface area contributed by atoms with Crippen LogP contribution in [0.3, 0.4) is 0 Å².